The second-order valence-corrected chi connectivity index (χ2v) is 3.24. The maximum atomic E-state index is 8.24. The summed E-state index contributed by atoms with van der Waals surface area (Å²) in [5.41, 5.74) is 0. The first-order chi connectivity index (χ1) is 6.95. The van der Waals surface area contributed by atoms with Crippen LogP contribution in [0, 0.1) is 0 Å². The maximum absolute atomic E-state index is 8.24. The minimum absolute atomic E-state index is 0.193. The number of carbonyl (C=O) groups excluding carboxylic acids is 2. The minimum Gasteiger partial charge on any atom is -0.724 e. The molecule has 2 radical (unpaired) electrons. The van der Waals surface area contributed by atoms with Crippen LogP contribution in [-0.2, 0) is 18.4 Å². The van der Waals surface area contributed by atoms with E-state index in [2.05, 4.69) is 0 Å². The molecule has 0 saturated carbocycles. The van der Waals surface area contributed by atoms with Gasteiger partial charge in [0.05, 0.1) is 0 Å². The van der Waals surface area contributed by atoms with Crippen molar-refractivity contribution in [3.05, 3.63) is 10.8 Å². The lowest BCUT2D eigenvalue weighted by Crippen LogP contribution is -2.14. The SMILES string of the molecule is CC(C)O[Si]OC(C)C.[N-]=C=O.[N-]=C=O. The summed E-state index contributed by atoms with van der Waals surface area (Å²) in [6.45, 7) is 7.99. The van der Waals surface area contributed by atoms with Gasteiger partial charge in [0, 0.05) is 12.2 Å². The Bertz CT molecular complexity index is 165. The van der Waals surface area contributed by atoms with Gasteiger partial charge in [-0.25, -0.2) is 0 Å². The number of rotatable bonds is 4. The zero-order chi connectivity index (χ0) is 12.7. The van der Waals surface area contributed by atoms with Crippen LogP contribution in [0.1, 0.15) is 27.7 Å². The maximum Gasteiger partial charge on any atom is 0.433 e. The molecule has 0 aliphatic rings. The first-order valence-electron chi connectivity index (χ1n) is 4.04. The van der Waals surface area contributed by atoms with E-state index in [1.54, 1.807) is 0 Å². The highest BCUT2D eigenvalue weighted by atomic mass is 28.3. The normalized spacial score (nSPS) is 7.87. The molecule has 0 aliphatic heterocycles. The summed E-state index contributed by atoms with van der Waals surface area (Å²) in [5.74, 6) is 0. The summed E-state index contributed by atoms with van der Waals surface area (Å²) in [7, 11) is 0.193. The zero-order valence-electron chi connectivity index (χ0n) is 9.18. The Morgan fingerprint density at radius 1 is 0.933 bits per heavy atom. The first kappa shape index (κ1) is 19.5. The lowest BCUT2D eigenvalue weighted by atomic mass is 10.5. The Morgan fingerprint density at radius 3 is 1.27 bits per heavy atom. The van der Waals surface area contributed by atoms with Crippen LogP contribution in [0.15, 0.2) is 0 Å². The van der Waals surface area contributed by atoms with E-state index >= 15 is 0 Å². The van der Waals surface area contributed by atoms with Gasteiger partial charge in [0.25, 0.3) is 0 Å². The Balaban J connectivity index is -0.000000200. The molecule has 0 N–H and O–H groups in total. The first-order valence-corrected chi connectivity index (χ1v) is 4.86. The van der Waals surface area contributed by atoms with Crippen LogP contribution in [-0.4, -0.2) is 34.4 Å². The van der Waals surface area contributed by atoms with Crippen LogP contribution in [0.4, 0.5) is 0 Å². The lowest BCUT2D eigenvalue weighted by molar-refractivity contribution is 0.152. The largest absolute Gasteiger partial charge is 0.724 e. The van der Waals surface area contributed by atoms with Crippen molar-refractivity contribution in [2.24, 2.45) is 0 Å². The van der Waals surface area contributed by atoms with Crippen LogP contribution in [0.25, 0.3) is 10.8 Å². The number of hydrogen-bond acceptors (Lipinski definition) is 4. The predicted molar refractivity (Wildman–Crippen MR) is 56.3 cm³/mol. The summed E-state index contributed by atoms with van der Waals surface area (Å²) in [4.78, 5) is 16.5. The third-order valence-corrected chi connectivity index (χ3v) is 1.70. The van der Waals surface area contributed by atoms with E-state index in [0.717, 1.165) is 0 Å². The van der Waals surface area contributed by atoms with Gasteiger partial charge in [-0.1, -0.05) is 0 Å². The van der Waals surface area contributed by atoms with Crippen LogP contribution in [0.3, 0.4) is 0 Å². The van der Waals surface area contributed by atoms with Gasteiger partial charge in [0.1, 0.15) is 0 Å². The van der Waals surface area contributed by atoms with Crippen molar-refractivity contribution in [1.82, 2.24) is 0 Å². The van der Waals surface area contributed by atoms with Crippen molar-refractivity contribution in [3.63, 3.8) is 0 Å². The van der Waals surface area contributed by atoms with Gasteiger partial charge >= 0.3 is 10.0 Å². The molecule has 0 aliphatic carbocycles. The summed E-state index contributed by atoms with van der Waals surface area (Å²) in [6.07, 6.45) is 1.56. The van der Waals surface area contributed by atoms with E-state index in [9.17, 15) is 0 Å². The van der Waals surface area contributed by atoms with E-state index in [-0.39, 0.29) is 22.2 Å². The molecule has 0 amide bonds. The fourth-order valence-corrected chi connectivity index (χ4v) is 0.661. The molecular formula is C8H14N2O4Si-2. The monoisotopic (exact) mass is 230 g/mol. The standard InChI is InChI=1S/C6H14O2Si.2CNO/c1-5(2)7-9-8-6(3)4;2*2-1-3/h5-6H,1-4H3;;/q;2*-1. The van der Waals surface area contributed by atoms with Gasteiger partial charge in [0.2, 0.25) is 0 Å². The van der Waals surface area contributed by atoms with Crippen molar-refractivity contribution in [2.45, 2.75) is 39.9 Å². The molecule has 0 aromatic carbocycles. The van der Waals surface area contributed by atoms with Gasteiger partial charge in [-0.15, -0.1) is 0 Å². The Morgan fingerprint density at radius 2 is 1.13 bits per heavy atom. The van der Waals surface area contributed by atoms with E-state index < -0.39 is 0 Å². The van der Waals surface area contributed by atoms with E-state index in [1.165, 1.54) is 0 Å². The Hall–Kier alpha value is -1.10. The smallest absolute Gasteiger partial charge is 0.433 e. The molecule has 0 fully saturated rings. The Labute approximate surface area is 92.0 Å². The molecule has 0 saturated heterocycles. The molecule has 0 heterocycles. The predicted octanol–water partition coefficient (Wildman–Crippen LogP) is 1.15. The quantitative estimate of drug-likeness (QED) is 0.411. The highest BCUT2D eigenvalue weighted by Crippen LogP contribution is 1.89. The average molecular weight is 230 g/mol. The molecule has 15 heavy (non-hydrogen) atoms. The van der Waals surface area contributed by atoms with E-state index in [1.807, 2.05) is 27.7 Å². The van der Waals surface area contributed by atoms with Crippen LogP contribution in [0.5, 0.6) is 0 Å². The van der Waals surface area contributed by atoms with Gasteiger partial charge in [-0.3, -0.25) is 9.59 Å². The minimum atomic E-state index is 0.193. The fourth-order valence-electron chi connectivity index (χ4n) is 0.220. The molecule has 0 unspecified atom stereocenters. The molecule has 0 rings (SSSR count). The average Bonchev–Trinajstić information content (AvgIpc) is 2.05. The number of hydrogen-bond donors (Lipinski definition) is 0. The molecule has 0 bridgehead atoms. The molecule has 0 aromatic heterocycles. The molecular weight excluding hydrogens is 216 g/mol. The highest BCUT2D eigenvalue weighted by molar-refractivity contribution is 6.18. The molecule has 6 nitrogen and oxygen atoms in total. The summed E-state index contributed by atoms with van der Waals surface area (Å²) in [5, 5.41) is 13.5. The summed E-state index contributed by atoms with van der Waals surface area (Å²) < 4.78 is 10.3. The third kappa shape index (κ3) is 63.9. The van der Waals surface area contributed by atoms with Gasteiger partial charge in [-0.05, 0) is 39.9 Å². The van der Waals surface area contributed by atoms with Crippen molar-refractivity contribution in [2.75, 3.05) is 0 Å². The molecule has 7 heteroatoms. The summed E-state index contributed by atoms with van der Waals surface area (Å²) in [6, 6.07) is 0. The van der Waals surface area contributed by atoms with Crippen molar-refractivity contribution in [3.8, 4) is 0 Å². The van der Waals surface area contributed by atoms with Crippen molar-refractivity contribution in [1.29, 1.82) is 0 Å². The fraction of sp³-hybridized carbons (Fsp3) is 0.750. The summed E-state index contributed by atoms with van der Waals surface area (Å²) >= 11 is 0. The second kappa shape index (κ2) is 18.6. The van der Waals surface area contributed by atoms with Crippen LogP contribution < -0.4 is 0 Å². The van der Waals surface area contributed by atoms with Crippen LogP contribution in [0.2, 0.25) is 0 Å². The number of nitrogens with zero attached hydrogens (tertiary/aromatic N) is 2. The van der Waals surface area contributed by atoms with Crippen molar-refractivity contribution < 1.29 is 18.4 Å². The number of isocyanates is 2. The van der Waals surface area contributed by atoms with Gasteiger partial charge in [-0.2, -0.15) is 0 Å². The topological polar surface area (TPSA) is 97.2 Å². The van der Waals surface area contributed by atoms with E-state index in [4.69, 9.17) is 29.3 Å². The molecule has 0 spiro atoms. The molecule has 86 valence electrons. The lowest BCUT2D eigenvalue weighted by Gasteiger charge is -2.07. The van der Waals surface area contributed by atoms with E-state index in [0.29, 0.717) is 12.2 Å². The third-order valence-electron chi connectivity index (χ3n) is 0.568. The Kier molecular flexibility index (Phi) is 24.2. The van der Waals surface area contributed by atoms with Crippen molar-refractivity contribution >= 4 is 22.2 Å². The van der Waals surface area contributed by atoms with Gasteiger partial charge < -0.3 is 19.7 Å². The van der Waals surface area contributed by atoms with Crippen LogP contribution >= 0.6 is 0 Å². The second-order valence-electron chi connectivity index (χ2n) is 2.60. The molecule has 0 aromatic rings. The van der Waals surface area contributed by atoms with Gasteiger partial charge in [0.15, 0.2) is 0 Å². The molecule has 0 atom stereocenters. The zero-order valence-corrected chi connectivity index (χ0v) is 10.2. The highest BCUT2D eigenvalue weighted by Gasteiger charge is 1.98.